The van der Waals surface area contributed by atoms with Crippen molar-refractivity contribution in [2.45, 2.75) is 58.3 Å². The molecule has 0 amide bonds. The van der Waals surface area contributed by atoms with Crippen LogP contribution in [0.4, 0.5) is 0 Å². The van der Waals surface area contributed by atoms with Gasteiger partial charge in [-0.15, -0.1) is 6.58 Å². The van der Waals surface area contributed by atoms with Gasteiger partial charge in [0.25, 0.3) is 0 Å². The predicted octanol–water partition coefficient (Wildman–Crippen LogP) is 4.13. The summed E-state index contributed by atoms with van der Waals surface area (Å²) in [7, 11) is 0. The van der Waals surface area contributed by atoms with E-state index in [1.54, 1.807) is 0 Å². The maximum atomic E-state index is 5.88. The number of allylic oxidation sites excluding steroid dienone is 1. The van der Waals surface area contributed by atoms with Crippen LogP contribution in [0.25, 0.3) is 0 Å². The van der Waals surface area contributed by atoms with Gasteiger partial charge in [-0.3, -0.25) is 0 Å². The summed E-state index contributed by atoms with van der Waals surface area (Å²) in [5.74, 6) is 2.66. The number of nitrogens with two attached hydrogens (primary N) is 1. The molecule has 1 saturated carbocycles. The SMILES string of the molecule is C=CCCCCCC1CC(C)CCC1CN. The van der Waals surface area contributed by atoms with Crippen LogP contribution in [0.15, 0.2) is 12.7 Å². The topological polar surface area (TPSA) is 26.0 Å². The van der Waals surface area contributed by atoms with Gasteiger partial charge < -0.3 is 5.73 Å². The summed E-state index contributed by atoms with van der Waals surface area (Å²) < 4.78 is 0. The van der Waals surface area contributed by atoms with Gasteiger partial charge >= 0.3 is 0 Å². The van der Waals surface area contributed by atoms with E-state index in [2.05, 4.69) is 13.5 Å². The van der Waals surface area contributed by atoms with E-state index in [1.807, 2.05) is 6.08 Å². The van der Waals surface area contributed by atoms with E-state index >= 15 is 0 Å². The summed E-state index contributed by atoms with van der Waals surface area (Å²) in [5, 5.41) is 0. The molecule has 1 rings (SSSR count). The second kappa shape index (κ2) is 7.89. The minimum atomic E-state index is 0.815. The van der Waals surface area contributed by atoms with E-state index in [9.17, 15) is 0 Å². The third-order valence-electron chi connectivity index (χ3n) is 4.19. The Balaban J connectivity index is 2.18. The minimum absolute atomic E-state index is 0.815. The molecule has 3 atom stereocenters. The fraction of sp³-hybridized carbons (Fsp3) is 0.867. The Hall–Kier alpha value is -0.300. The minimum Gasteiger partial charge on any atom is -0.330 e. The fourth-order valence-corrected chi connectivity index (χ4v) is 3.10. The van der Waals surface area contributed by atoms with Gasteiger partial charge in [0.1, 0.15) is 0 Å². The smallest absolute Gasteiger partial charge is 0.00462 e. The summed E-state index contributed by atoms with van der Waals surface area (Å²) in [6, 6.07) is 0. The molecule has 1 fully saturated rings. The lowest BCUT2D eigenvalue weighted by Gasteiger charge is -2.34. The summed E-state index contributed by atoms with van der Waals surface area (Å²) in [5.41, 5.74) is 5.88. The molecule has 0 aliphatic heterocycles. The van der Waals surface area contributed by atoms with Crippen LogP contribution < -0.4 is 5.73 Å². The van der Waals surface area contributed by atoms with Crippen LogP contribution >= 0.6 is 0 Å². The third-order valence-corrected chi connectivity index (χ3v) is 4.19. The average molecular weight is 223 g/mol. The van der Waals surface area contributed by atoms with Gasteiger partial charge in [-0.05, 0) is 50.0 Å². The number of unbranched alkanes of at least 4 members (excludes halogenated alkanes) is 3. The molecule has 0 aromatic rings. The average Bonchev–Trinajstić information content (AvgIpc) is 2.29. The first-order chi connectivity index (χ1) is 7.77. The van der Waals surface area contributed by atoms with Crippen LogP contribution in [0.5, 0.6) is 0 Å². The molecule has 0 aromatic carbocycles. The Morgan fingerprint density at radius 3 is 2.69 bits per heavy atom. The molecule has 1 nitrogen and oxygen atoms in total. The van der Waals surface area contributed by atoms with E-state index in [0.717, 1.165) is 24.3 Å². The van der Waals surface area contributed by atoms with Gasteiger partial charge in [-0.25, -0.2) is 0 Å². The predicted molar refractivity (Wildman–Crippen MR) is 72.3 cm³/mol. The van der Waals surface area contributed by atoms with E-state index in [1.165, 1.54) is 51.4 Å². The quantitative estimate of drug-likeness (QED) is 0.509. The molecule has 0 aromatic heterocycles. The van der Waals surface area contributed by atoms with Gasteiger partial charge in [0.05, 0.1) is 0 Å². The zero-order valence-corrected chi connectivity index (χ0v) is 11.0. The number of rotatable bonds is 7. The van der Waals surface area contributed by atoms with Crippen molar-refractivity contribution in [3.8, 4) is 0 Å². The van der Waals surface area contributed by atoms with Crippen molar-refractivity contribution in [2.75, 3.05) is 6.54 Å². The molecule has 0 bridgehead atoms. The van der Waals surface area contributed by atoms with Crippen molar-refractivity contribution in [1.29, 1.82) is 0 Å². The molecular formula is C15H29N. The lowest BCUT2D eigenvalue weighted by molar-refractivity contribution is 0.180. The molecule has 1 aliphatic rings. The van der Waals surface area contributed by atoms with E-state index in [-0.39, 0.29) is 0 Å². The van der Waals surface area contributed by atoms with Crippen molar-refractivity contribution in [3.05, 3.63) is 12.7 Å². The Bertz CT molecular complexity index is 188. The van der Waals surface area contributed by atoms with Crippen molar-refractivity contribution in [3.63, 3.8) is 0 Å². The summed E-state index contributed by atoms with van der Waals surface area (Å²) in [6.07, 6.45) is 12.9. The lowest BCUT2D eigenvalue weighted by atomic mass is 9.72. The van der Waals surface area contributed by atoms with Crippen molar-refractivity contribution < 1.29 is 0 Å². The first-order valence-corrected chi connectivity index (χ1v) is 7.08. The van der Waals surface area contributed by atoms with Gasteiger partial charge in [0.15, 0.2) is 0 Å². The van der Waals surface area contributed by atoms with Crippen molar-refractivity contribution in [2.24, 2.45) is 23.5 Å². The van der Waals surface area contributed by atoms with Crippen LogP contribution in [-0.2, 0) is 0 Å². The Labute approximate surface area is 101 Å². The highest BCUT2D eigenvalue weighted by Crippen LogP contribution is 2.36. The monoisotopic (exact) mass is 223 g/mol. The summed E-state index contributed by atoms with van der Waals surface area (Å²) in [6.45, 7) is 7.07. The molecule has 3 unspecified atom stereocenters. The molecule has 16 heavy (non-hydrogen) atoms. The molecule has 1 aliphatic carbocycles. The molecule has 0 saturated heterocycles. The van der Waals surface area contributed by atoms with Crippen molar-refractivity contribution in [1.82, 2.24) is 0 Å². The lowest BCUT2D eigenvalue weighted by Crippen LogP contribution is -2.29. The van der Waals surface area contributed by atoms with Crippen LogP contribution in [0.2, 0.25) is 0 Å². The largest absolute Gasteiger partial charge is 0.330 e. The zero-order chi connectivity index (χ0) is 11.8. The van der Waals surface area contributed by atoms with Crippen molar-refractivity contribution >= 4 is 0 Å². The maximum absolute atomic E-state index is 5.88. The first-order valence-electron chi connectivity index (χ1n) is 7.08. The van der Waals surface area contributed by atoms with Crippen LogP contribution in [0.1, 0.15) is 58.3 Å². The second-order valence-electron chi connectivity index (χ2n) is 5.60. The van der Waals surface area contributed by atoms with Gasteiger partial charge in [-0.1, -0.05) is 38.7 Å². The molecule has 0 spiro atoms. The van der Waals surface area contributed by atoms with Gasteiger partial charge in [0.2, 0.25) is 0 Å². The summed E-state index contributed by atoms with van der Waals surface area (Å²) >= 11 is 0. The molecule has 0 heterocycles. The Morgan fingerprint density at radius 1 is 1.19 bits per heavy atom. The molecule has 2 N–H and O–H groups in total. The van der Waals surface area contributed by atoms with Crippen LogP contribution in [0.3, 0.4) is 0 Å². The molecule has 0 radical (unpaired) electrons. The normalized spacial score (nSPS) is 30.2. The first kappa shape index (κ1) is 13.8. The van der Waals surface area contributed by atoms with Gasteiger partial charge in [0, 0.05) is 0 Å². The number of hydrogen-bond donors (Lipinski definition) is 1. The molecular weight excluding hydrogens is 194 g/mol. The van der Waals surface area contributed by atoms with E-state index in [0.29, 0.717) is 0 Å². The second-order valence-corrected chi connectivity index (χ2v) is 5.60. The highest BCUT2D eigenvalue weighted by molar-refractivity contribution is 4.79. The fourth-order valence-electron chi connectivity index (χ4n) is 3.10. The number of hydrogen-bond acceptors (Lipinski definition) is 1. The van der Waals surface area contributed by atoms with E-state index < -0.39 is 0 Å². The van der Waals surface area contributed by atoms with E-state index in [4.69, 9.17) is 5.73 Å². The standard InChI is InChI=1S/C15H29N/c1-3-4-5-6-7-8-14-11-13(2)9-10-15(14)12-16/h3,13-15H,1,4-12,16H2,2H3. The van der Waals surface area contributed by atoms with Crippen LogP contribution in [-0.4, -0.2) is 6.54 Å². The zero-order valence-electron chi connectivity index (χ0n) is 11.0. The third kappa shape index (κ3) is 4.69. The maximum Gasteiger partial charge on any atom is -0.00462 e. The molecule has 94 valence electrons. The molecule has 1 heteroatoms. The Kier molecular flexibility index (Phi) is 6.79. The van der Waals surface area contributed by atoms with Crippen LogP contribution in [0, 0.1) is 17.8 Å². The van der Waals surface area contributed by atoms with Gasteiger partial charge in [-0.2, -0.15) is 0 Å². The highest BCUT2D eigenvalue weighted by atomic mass is 14.6. The summed E-state index contributed by atoms with van der Waals surface area (Å²) in [4.78, 5) is 0. The highest BCUT2D eigenvalue weighted by Gasteiger charge is 2.26. The Morgan fingerprint density at radius 2 is 2.00 bits per heavy atom.